The van der Waals surface area contributed by atoms with E-state index in [0.717, 1.165) is 12.8 Å². The van der Waals surface area contributed by atoms with Crippen molar-refractivity contribution in [1.29, 1.82) is 5.41 Å². The molecule has 0 radical (unpaired) electrons. The van der Waals surface area contributed by atoms with Crippen molar-refractivity contribution in [3.8, 4) is 0 Å². The Kier molecular flexibility index (Phi) is 15.8. The molecule has 0 unspecified atom stereocenters. The van der Waals surface area contributed by atoms with Gasteiger partial charge in [-0.05, 0) is 36.8 Å². The molecule has 5 N–H and O–H groups in total. The molecule has 1 aromatic rings. The van der Waals surface area contributed by atoms with E-state index in [1.165, 1.54) is 56.1 Å². The summed E-state index contributed by atoms with van der Waals surface area (Å²) in [4.78, 5) is 0. The molecule has 1 aromatic carbocycles. The average molecular weight is 362 g/mol. The summed E-state index contributed by atoms with van der Waals surface area (Å²) in [6, 6.07) is 8.49. The van der Waals surface area contributed by atoms with Crippen LogP contribution >= 0.6 is 24.8 Å². The Morgan fingerprint density at radius 3 is 1.91 bits per heavy atom. The molecule has 1 rings (SSSR count). The van der Waals surface area contributed by atoms with Gasteiger partial charge in [-0.2, -0.15) is 0 Å². The number of hydrogen-bond acceptors (Lipinski definition) is 2. The quantitative estimate of drug-likeness (QED) is 0.305. The average Bonchev–Trinajstić information content (AvgIpc) is 2.49. The van der Waals surface area contributed by atoms with Crippen molar-refractivity contribution in [3.63, 3.8) is 0 Å². The molecule has 134 valence electrons. The molecule has 3 nitrogen and oxygen atoms in total. The highest BCUT2D eigenvalue weighted by molar-refractivity contribution is 5.85. The summed E-state index contributed by atoms with van der Waals surface area (Å²) in [5, 5.41) is 7.29. The van der Waals surface area contributed by atoms with Gasteiger partial charge in [0.05, 0.1) is 6.04 Å². The van der Waals surface area contributed by atoms with Gasteiger partial charge in [-0.15, -0.1) is 24.8 Å². The third-order valence-electron chi connectivity index (χ3n) is 3.99. The number of halogens is 2. The highest BCUT2D eigenvalue weighted by Crippen LogP contribution is 2.12. The molecular weight excluding hydrogens is 329 g/mol. The van der Waals surface area contributed by atoms with Gasteiger partial charge in [-0.3, -0.25) is 5.41 Å². The number of nitrogens with one attached hydrogen (secondary N) is 1. The van der Waals surface area contributed by atoms with Gasteiger partial charge in [0.15, 0.2) is 0 Å². The van der Waals surface area contributed by atoms with Crippen molar-refractivity contribution in [2.75, 3.05) is 0 Å². The van der Waals surface area contributed by atoms with E-state index >= 15 is 0 Å². The highest BCUT2D eigenvalue weighted by Gasteiger charge is 2.05. The van der Waals surface area contributed by atoms with Crippen molar-refractivity contribution in [2.24, 2.45) is 11.5 Å². The SMILES string of the molecule is CCCCCCCCc1ccc(CC[C@@H](N)C(=N)N)cc1.Cl.Cl. The Bertz CT molecular complexity index is 407. The van der Waals surface area contributed by atoms with Gasteiger partial charge in [0, 0.05) is 0 Å². The molecule has 0 fully saturated rings. The summed E-state index contributed by atoms with van der Waals surface area (Å²) in [6.07, 6.45) is 10.9. The Balaban J connectivity index is 0. The molecular formula is C18H33Cl2N3. The van der Waals surface area contributed by atoms with Gasteiger partial charge in [0.1, 0.15) is 5.84 Å². The van der Waals surface area contributed by atoms with Crippen LogP contribution in [0.1, 0.15) is 63.0 Å². The normalized spacial score (nSPS) is 11.2. The predicted octanol–water partition coefficient (Wildman–Crippen LogP) is 4.63. The minimum absolute atomic E-state index is 0. The first kappa shape index (κ1) is 24.5. The summed E-state index contributed by atoms with van der Waals surface area (Å²) in [7, 11) is 0. The Morgan fingerprint density at radius 1 is 0.913 bits per heavy atom. The Morgan fingerprint density at radius 2 is 1.39 bits per heavy atom. The van der Waals surface area contributed by atoms with Crippen molar-refractivity contribution in [1.82, 2.24) is 0 Å². The highest BCUT2D eigenvalue weighted by atomic mass is 35.5. The first-order valence-electron chi connectivity index (χ1n) is 8.30. The van der Waals surface area contributed by atoms with Crippen LogP contribution in [0.5, 0.6) is 0 Å². The van der Waals surface area contributed by atoms with Crippen LogP contribution in [0.4, 0.5) is 0 Å². The topological polar surface area (TPSA) is 75.9 Å². The first-order valence-corrected chi connectivity index (χ1v) is 8.30. The number of rotatable bonds is 11. The van der Waals surface area contributed by atoms with Crippen molar-refractivity contribution < 1.29 is 0 Å². The van der Waals surface area contributed by atoms with E-state index in [2.05, 4.69) is 31.2 Å². The first-order chi connectivity index (χ1) is 10.1. The van der Waals surface area contributed by atoms with Crippen LogP contribution in [0.2, 0.25) is 0 Å². The summed E-state index contributed by atoms with van der Waals surface area (Å²) in [6.45, 7) is 2.25. The summed E-state index contributed by atoms with van der Waals surface area (Å²) in [5.41, 5.74) is 13.8. The molecule has 0 aliphatic carbocycles. The standard InChI is InChI=1S/C18H31N3.2ClH/c1-2-3-4-5-6-7-8-15-9-11-16(12-10-15)13-14-17(19)18(20)21;;/h9-12,17H,2-8,13-14,19H2,1H3,(H3,20,21);2*1H/t17-;;/m1../s1. The zero-order chi connectivity index (χ0) is 15.5. The lowest BCUT2D eigenvalue weighted by Crippen LogP contribution is -2.36. The number of aryl methyl sites for hydroxylation is 2. The molecule has 0 amide bonds. The van der Waals surface area contributed by atoms with Crippen molar-refractivity contribution >= 4 is 30.6 Å². The second kappa shape index (κ2) is 14.8. The fraction of sp³-hybridized carbons (Fsp3) is 0.611. The fourth-order valence-electron chi connectivity index (χ4n) is 2.46. The lowest BCUT2D eigenvalue weighted by molar-refractivity contribution is 0.607. The lowest BCUT2D eigenvalue weighted by atomic mass is 10.0. The molecule has 23 heavy (non-hydrogen) atoms. The van der Waals surface area contributed by atoms with Gasteiger partial charge in [0.25, 0.3) is 0 Å². The van der Waals surface area contributed by atoms with Crippen LogP contribution in [0, 0.1) is 5.41 Å². The second-order valence-corrected chi connectivity index (χ2v) is 5.93. The maximum atomic E-state index is 7.29. The molecule has 0 aliphatic heterocycles. The second-order valence-electron chi connectivity index (χ2n) is 5.93. The molecule has 0 spiro atoms. The maximum Gasteiger partial charge on any atom is 0.108 e. The molecule has 0 saturated carbocycles. The summed E-state index contributed by atoms with van der Waals surface area (Å²) >= 11 is 0. The fourth-order valence-corrected chi connectivity index (χ4v) is 2.46. The van der Waals surface area contributed by atoms with Crippen LogP contribution in [0.25, 0.3) is 0 Å². The zero-order valence-electron chi connectivity index (χ0n) is 14.2. The predicted molar refractivity (Wildman–Crippen MR) is 106 cm³/mol. The van der Waals surface area contributed by atoms with E-state index in [4.69, 9.17) is 16.9 Å². The molecule has 1 atom stereocenters. The third-order valence-corrected chi connectivity index (χ3v) is 3.99. The van der Waals surface area contributed by atoms with E-state index < -0.39 is 0 Å². The van der Waals surface area contributed by atoms with E-state index in [1.54, 1.807) is 0 Å². The maximum absolute atomic E-state index is 7.29. The monoisotopic (exact) mass is 361 g/mol. The minimum Gasteiger partial charge on any atom is -0.386 e. The Hall–Kier alpha value is -0.770. The van der Waals surface area contributed by atoms with Crippen molar-refractivity contribution in [2.45, 2.75) is 70.8 Å². The Labute approximate surface area is 153 Å². The van der Waals surface area contributed by atoms with Crippen LogP contribution in [-0.4, -0.2) is 11.9 Å². The van der Waals surface area contributed by atoms with Crippen LogP contribution in [0.3, 0.4) is 0 Å². The largest absolute Gasteiger partial charge is 0.386 e. The van der Waals surface area contributed by atoms with Crippen molar-refractivity contribution in [3.05, 3.63) is 35.4 Å². The van der Waals surface area contributed by atoms with Gasteiger partial charge in [-0.1, -0.05) is 63.3 Å². The van der Waals surface area contributed by atoms with E-state index in [-0.39, 0.29) is 36.7 Å². The summed E-state index contributed by atoms with van der Waals surface area (Å²) in [5.74, 6) is 0.0784. The van der Waals surface area contributed by atoms with E-state index in [0.29, 0.717) is 0 Å². The lowest BCUT2D eigenvalue weighted by Gasteiger charge is -2.09. The number of amidine groups is 1. The molecule has 0 bridgehead atoms. The van der Waals surface area contributed by atoms with Crippen LogP contribution < -0.4 is 11.5 Å². The van der Waals surface area contributed by atoms with E-state index in [9.17, 15) is 0 Å². The smallest absolute Gasteiger partial charge is 0.108 e. The number of nitrogens with two attached hydrogens (primary N) is 2. The van der Waals surface area contributed by atoms with Crippen LogP contribution in [-0.2, 0) is 12.8 Å². The van der Waals surface area contributed by atoms with E-state index in [1.807, 2.05) is 0 Å². The molecule has 5 heteroatoms. The van der Waals surface area contributed by atoms with Crippen LogP contribution in [0.15, 0.2) is 24.3 Å². The molecule has 0 aromatic heterocycles. The molecule has 0 heterocycles. The van der Waals surface area contributed by atoms with Gasteiger partial charge in [-0.25, -0.2) is 0 Å². The zero-order valence-corrected chi connectivity index (χ0v) is 15.9. The molecule has 0 saturated heterocycles. The molecule has 0 aliphatic rings. The number of benzene rings is 1. The van der Waals surface area contributed by atoms with Gasteiger partial charge in [0.2, 0.25) is 0 Å². The number of unbranched alkanes of at least 4 members (excludes halogenated alkanes) is 5. The minimum atomic E-state index is -0.312. The number of hydrogen-bond donors (Lipinski definition) is 3. The van der Waals surface area contributed by atoms with Gasteiger partial charge < -0.3 is 11.5 Å². The van der Waals surface area contributed by atoms with Gasteiger partial charge >= 0.3 is 0 Å². The summed E-state index contributed by atoms with van der Waals surface area (Å²) < 4.78 is 0. The third kappa shape index (κ3) is 11.4.